The van der Waals surface area contributed by atoms with Gasteiger partial charge in [-0.25, -0.2) is 4.39 Å². The van der Waals surface area contributed by atoms with E-state index in [0.29, 0.717) is 0 Å². The van der Waals surface area contributed by atoms with E-state index in [1.807, 2.05) is 0 Å². The third-order valence-corrected chi connectivity index (χ3v) is 2.56. The lowest BCUT2D eigenvalue weighted by atomic mass is 10.0. The number of carbonyl (C=O) groups excluding carboxylic acids is 1. The van der Waals surface area contributed by atoms with Gasteiger partial charge in [-0.2, -0.15) is 0 Å². The molecule has 3 nitrogen and oxygen atoms in total. The van der Waals surface area contributed by atoms with E-state index < -0.39 is 5.82 Å². The zero-order valence-electron chi connectivity index (χ0n) is 8.82. The van der Waals surface area contributed by atoms with Crippen molar-refractivity contribution in [3.63, 3.8) is 0 Å². The van der Waals surface area contributed by atoms with Gasteiger partial charge < -0.3 is 5.32 Å². The molecular weight excluding hydrogens is 207 g/mol. The lowest BCUT2D eigenvalue weighted by Crippen LogP contribution is -2.26. The third kappa shape index (κ3) is 2.45. The standard InChI is InChI=1S/C12H13FN2O/c13-10-5-1-2-6-11(10)15-12(16)9-4-3-7-14-8-9/h1-2,5-6,8-9H,3-4,7H2,(H,15,16). The van der Waals surface area contributed by atoms with Gasteiger partial charge in [-0.1, -0.05) is 12.1 Å². The van der Waals surface area contributed by atoms with Crippen LogP contribution in [0.4, 0.5) is 10.1 Å². The molecule has 1 aliphatic heterocycles. The molecule has 1 N–H and O–H groups in total. The monoisotopic (exact) mass is 220 g/mol. The van der Waals surface area contributed by atoms with Crippen molar-refractivity contribution in [1.82, 2.24) is 0 Å². The fourth-order valence-corrected chi connectivity index (χ4v) is 1.67. The molecule has 1 heterocycles. The summed E-state index contributed by atoms with van der Waals surface area (Å²) >= 11 is 0. The highest BCUT2D eigenvalue weighted by Gasteiger charge is 2.19. The van der Waals surface area contributed by atoms with E-state index in [2.05, 4.69) is 10.3 Å². The Morgan fingerprint density at radius 1 is 1.44 bits per heavy atom. The van der Waals surface area contributed by atoms with E-state index in [1.165, 1.54) is 6.07 Å². The first-order valence-corrected chi connectivity index (χ1v) is 5.33. The Morgan fingerprint density at radius 2 is 2.25 bits per heavy atom. The number of hydrogen-bond acceptors (Lipinski definition) is 2. The van der Waals surface area contributed by atoms with Crippen LogP contribution in [-0.2, 0) is 4.79 Å². The van der Waals surface area contributed by atoms with Gasteiger partial charge in [0.05, 0.1) is 11.6 Å². The molecule has 2 rings (SSSR count). The van der Waals surface area contributed by atoms with Crippen LogP contribution in [0.1, 0.15) is 12.8 Å². The number of para-hydroxylation sites is 1. The van der Waals surface area contributed by atoms with E-state index in [0.717, 1.165) is 19.4 Å². The second-order valence-electron chi connectivity index (χ2n) is 3.77. The van der Waals surface area contributed by atoms with E-state index in [1.54, 1.807) is 24.4 Å². The van der Waals surface area contributed by atoms with Crippen molar-refractivity contribution >= 4 is 17.8 Å². The van der Waals surface area contributed by atoms with Crippen LogP contribution in [0, 0.1) is 11.7 Å². The maximum atomic E-state index is 13.3. The van der Waals surface area contributed by atoms with E-state index >= 15 is 0 Å². The fraction of sp³-hybridized carbons (Fsp3) is 0.333. The van der Waals surface area contributed by atoms with Crippen molar-refractivity contribution in [3.05, 3.63) is 30.1 Å². The molecule has 0 bridgehead atoms. The van der Waals surface area contributed by atoms with Crippen LogP contribution in [0.15, 0.2) is 29.3 Å². The van der Waals surface area contributed by atoms with Crippen LogP contribution >= 0.6 is 0 Å². The van der Waals surface area contributed by atoms with Crippen molar-refractivity contribution in [3.8, 4) is 0 Å². The lowest BCUT2D eigenvalue weighted by molar-refractivity contribution is -0.118. The number of anilines is 1. The van der Waals surface area contributed by atoms with Crippen molar-refractivity contribution in [2.75, 3.05) is 11.9 Å². The minimum atomic E-state index is -0.413. The highest BCUT2D eigenvalue weighted by molar-refractivity contribution is 6.02. The average molecular weight is 220 g/mol. The molecule has 0 fully saturated rings. The Labute approximate surface area is 93.4 Å². The molecule has 0 saturated heterocycles. The van der Waals surface area contributed by atoms with Crippen LogP contribution in [0.25, 0.3) is 0 Å². The summed E-state index contributed by atoms with van der Waals surface area (Å²) in [5.74, 6) is -0.828. The third-order valence-electron chi connectivity index (χ3n) is 2.56. The molecule has 0 radical (unpaired) electrons. The molecule has 0 spiro atoms. The van der Waals surface area contributed by atoms with Crippen molar-refractivity contribution in [2.45, 2.75) is 12.8 Å². The van der Waals surface area contributed by atoms with Crippen LogP contribution in [0.3, 0.4) is 0 Å². The molecule has 1 aromatic carbocycles. The zero-order chi connectivity index (χ0) is 11.4. The van der Waals surface area contributed by atoms with Gasteiger partial charge in [0, 0.05) is 12.8 Å². The molecule has 0 aliphatic carbocycles. The Balaban J connectivity index is 2.04. The summed E-state index contributed by atoms with van der Waals surface area (Å²) in [7, 11) is 0. The van der Waals surface area contributed by atoms with E-state index in [9.17, 15) is 9.18 Å². The predicted octanol–water partition coefficient (Wildman–Crippen LogP) is 2.25. The van der Waals surface area contributed by atoms with Gasteiger partial charge in [0.15, 0.2) is 0 Å². The molecular formula is C12H13FN2O. The minimum absolute atomic E-state index is 0.187. The number of hydrogen-bond donors (Lipinski definition) is 1. The molecule has 1 unspecified atom stereocenters. The first-order valence-electron chi connectivity index (χ1n) is 5.33. The van der Waals surface area contributed by atoms with Gasteiger partial charge in [-0.3, -0.25) is 9.79 Å². The van der Waals surface area contributed by atoms with Crippen LogP contribution < -0.4 is 5.32 Å². The maximum absolute atomic E-state index is 13.3. The number of rotatable bonds is 2. The normalized spacial score (nSPS) is 19.4. The zero-order valence-corrected chi connectivity index (χ0v) is 8.82. The second-order valence-corrected chi connectivity index (χ2v) is 3.77. The Hall–Kier alpha value is -1.71. The number of carbonyl (C=O) groups is 1. The van der Waals surface area contributed by atoms with Gasteiger partial charge in [0.1, 0.15) is 5.82 Å². The summed E-state index contributed by atoms with van der Waals surface area (Å²) in [6.07, 6.45) is 3.34. The molecule has 16 heavy (non-hydrogen) atoms. The van der Waals surface area contributed by atoms with E-state index in [-0.39, 0.29) is 17.5 Å². The molecule has 1 aliphatic rings. The Kier molecular flexibility index (Phi) is 3.29. The maximum Gasteiger partial charge on any atom is 0.232 e. The number of halogens is 1. The van der Waals surface area contributed by atoms with Crippen molar-refractivity contribution in [1.29, 1.82) is 0 Å². The summed E-state index contributed by atoms with van der Waals surface area (Å²) in [6.45, 7) is 0.781. The van der Waals surface area contributed by atoms with E-state index in [4.69, 9.17) is 0 Å². The number of amides is 1. The minimum Gasteiger partial charge on any atom is -0.323 e. The molecule has 4 heteroatoms. The summed E-state index contributed by atoms with van der Waals surface area (Å²) < 4.78 is 13.3. The van der Waals surface area contributed by atoms with Crippen LogP contribution in [0.2, 0.25) is 0 Å². The highest BCUT2D eigenvalue weighted by atomic mass is 19.1. The van der Waals surface area contributed by atoms with Gasteiger partial charge >= 0.3 is 0 Å². The first-order chi connectivity index (χ1) is 7.77. The molecule has 1 aromatic rings. The summed E-state index contributed by atoms with van der Waals surface area (Å²) in [6, 6.07) is 6.15. The van der Waals surface area contributed by atoms with Gasteiger partial charge in [-0.15, -0.1) is 0 Å². The largest absolute Gasteiger partial charge is 0.323 e. The number of nitrogens with zero attached hydrogens (tertiary/aromatic N) is 1. The van der Waals surface area contributed by atoms with Crippen molar-refractivity contribution < 1.29 is 9.18 Å². The quantitative estimate of drug-likeness (QED) is 0.816. The molecule has 0 aromatic heterocycles. The fourth-order valence-electron chi connectivity index (χ4n) is 1.67. The van der Waals surface area contributed by atoms with Gasteiger partial charge in [0.25, 0.3) is 0 Å². The smallest absolute Gasteiger partial charge is 0.232 e. The van der Waals surface area contributed by atoms with Crippen LogP contribution in [0.5, 0.6) is 0 Å². The predicted molar refractivity (Wildman–Crippen MR) is 61.1 cm³/mol. The summed E-state index contributed by atoms with van der Waals surface area (Å²) in [5, 5.41) is 2.57. The molecule has 1 atom stereocenters. The number of benzene rings is 1. The summed E-state index contributed by atoms with van der Waals surface area (Å²) in [4.78, 5) is 15.8. The Morgan fingerprint density at radius 3 is 2.94 bits per heavy atom. The first kappa shape index (κ1) is 10.8. The van der Waals surface area contributed by atoms with Gasteiger partial charge in [-0.05, 0) is 25.0 Å². The lowest BCUT2D eigenvalue weighted by Gasteiger charge is -2.15. The average Bonchev–Trinajstić information content (AvgIpc) is 2.33. The number of nitrogens with one attached hydrogen (secondary N) is 1. The second kappa shape index (κ2) is 4.88. The van der Waals surface area contributed by atoms with Crippen molar-refractivity contribution in [2.24, 2.45) is 10.9 Å². The topological polar surface area (TPSA) is 41.5 Å². The highest BCUT2D eigenvalue weighted by Crippen LogP contribution is 2.16. The SMILES string of the molecule is O=C(Nc1ccccc1F)C1C=NCCC1. The molecule has 84 valence electrons. The molecule has 0 saturated carbocycles. The molecule has 1 amide bonds. The van der Waals surface area contributed by atoms with Crippen LogP contribution in [-0.4, -0.2) is 18.7 Å². The Bertz CT molecular complexity index is 417. The number of aliphatic imine (C=N–C) groups is 1. The summed E-state index contributed by atoms with van der Waals surface area (Å²) in [5.41, 5.74) is 0.228. The van der Waals surface area contributed by atoms with Gasteiger partial charge in [0.2, 0.25) is 5.91 Å².